The molecule has 1 unspecified atom stereocenters. The summed E-state index contributed by atoms with van der Waals surface area (Å²) in [5.74, 6) is 1.38. The number of nitrogens with zero attached hydrogens (tertiary/aromatic N) is 2. The molecule has 1 aliphatic rings. The van der Waals surface area contributed by atoms with Crippen LogP contribution in [-0.2, 0) is 0 Å². The fourth-order valence-electron chi connectivity index (χ4n) is 5.13. The maximum atomic E-state index is 6.05. The Bertz CT molecular complexity index is 1560. The molecule has 0 N–H and O–H groups in total. The van der Waals surface area contributed by atoms with Crippen molar-refractivity contribution in [2.24, 2.45) is 0 Å². The van der Waals surface area contributed by atoms with Gasteiger partial charge in [-0.25, -0.2) is 4.98 Å². The summed E-state index contributed by atoms with van der Waals surface area (Å²) >= 11 is 0. The Morgan fingerprint density at radius 2 is 1.49 bits per heavy atom. The third-order valence-electron chi connectivity index (χ3n) is 7.02. The Labute approximate surface area is 207 Å². The lowest BCUT2D eigenvalue weighted by Gasteiger charge is -2.25. The largest absolute Gasteiger partial charge is 0.439 e. The minimum atomic E-state index is -2.23. The second-order valence-corrected chi connectivity index (χ2v) is 13.3. The van der Waals surface area contributed by atoms with Crippen molar-refractivity contribution in [3.63, 3.8) is 0 Å². The van der Waals surface area contributed by atoms with E-state index in [9.17, 15) is 0 Å². The topological polar surface area (TPSA) is 35.0 Å². The highest BCUT2D eigenvalue weighted by molar-refractivity contribution is 7.13. The van der Waals surface area contributed by atoms with Gasteiger partial charge in [0.1, 0.15) is 5.75 Å². The van der Waals surface area contributed by atoms with Gasteiger partial charge in [-0.3, -0.25) is 4.98 Å². The van der Waals surface area contributed by atoms with E-state index in [1.807, 2.05) is 43.6 Å². The van der Waals surface area contributed by atoms with Crippen LogP contribution in [0.15, 0.2) is 103 Å². The number of ether oxygens (including phenoxy) is 1. The van der Waals surface area contributed by atoms with Crippen molar-refractivity contribution in [3.8, 4) is 33.9 Å². The van der Waals surface area contributed by atoms with Gasteiger partial charge in [0, 0.05) is 23.8 Å². The molecular formula is C31H26N2OSi. The van der Waals surface area contributed by atoms with Crippen molar-refractivity contribution >= 4 is 23.8 Å². The molecule has 0 saturated heterocycles. The molecule has 0 aliphatic carbocycles. The molecule has 4 heteroatoms. The van der Waals surface area contributed by atoms with E-state index < -0.39 is 8.07 Å². The van der Waals surface area contributed by atoms with Crippen molar-refractivity contribution in [1.82, 2.24) is 9.97 Å². The molecule has 3 heterocycles. The SMILES string of the molecule is Cc1ccc(Oc2cccc(-c3ccc4c(c3)[Si](C)(c3cc(C)ccn3)c3ccccc3-4)c2)nc1. The van der Waals surface area contributed by atoms with E-state index >= 15 is 0 Å². The van der Waals surface area contributed by atoms with Crippen molar-refractivity contribution < 1.29 is 4.74 Å². The van der Waals surface area contributed by atoms with E-state index in [1.165, 1.54) is 37.9 Å². The van der Waals surface area contributed by atoms with Crippen LogP contribution in [0.1, 0.15) is 11.1 Å². The molecule has 0 bridgehead atoms. The molecule has 0 amide bonds. The standard InChI is InChI=1S/C31H26N2OSi/c1-21-15-16-32-31(17-21)35(3)28-10-5-4-9-26(28)27-13-12-24(19-29(27)35)23-7-6-8-25(18-23)34-30-14-11-22(2)20-33-30/h4-20H,1-3H3. The predicted molar refractivity (Wildman–Crippen MR) is 146 cm³/mol. The number of hydrogen-bond acceptors (Lipinski definition) is 3. The first kappa shape index (κ1) is 21.5. The van der Waals surface area contributed by atoms with Crippen LogP contribution >= 0.6 is 0 Å². The summed E-state index contributed by atoms with van der Waals surface area (Å²) in [5, 5.41) is 4.07. The van der Waals surface area contributed by atoms with Crippen LogP contribution in [0.25, 0.3) is 22.3 Å². The Morgan fingerprint density at radius 3 is 2.31 bits per heavy atom. The molecule has 35 heavy (non-hydrogen) atoms. The molecule has 0 radical (unpaired) electrons. The summed E-state index contributed by atoms with van der Waals surface area (Å²) in [5.41, 5.74) is 7.35. The van der Waals surface area contributed by atoms with Gasteiger partial charge in [0.15, 0.2) is 8.07 Å². The summed E-state index contributed by atoms with van der Waals surface area (Å²) in [7, 11) is -2.23. The van der Waals surface area contributed by atoms with Gasteiger partial charge >= 0.3 is 0 Å². The average Bonchev–Trinajstić information content (AvgIpc) is 3.15. The zero-order valence-corrected chi connectivity index (χ0v) is 21.1. The van der Waals surface area contributed by atoms with Gasteiger partial charge < -0.3 is 4.74 Å². The van der Waals surface area contributed by atoms with Crippen molar-refractivity contribution in [2.45, 2.75) is 20.4 Å². The molecule has 1 atom stereocenters. The van der Waals surface area contributed by atoms with Crippen LogP contribution < -0.4 is 20.4 Å². The van der Waals surface area contributed by atoms with Gasteiger partial charge in [0.2, 0.25) is 5.88 Å². The zero-order chi connectivity index (χ0) is 24.0. The van der Waals surface area contributed by atoms with E-state index in [-0.39, 0.29) is 0 Å². The van der Waals surface area contributed by atoms with Gasteiger partial charge in [0.05, 0.1) is 0 Å². The van der Waals surface area contributed by atoms with Crippen LogP contribution in [0.3, 0.4) is 0 Å². The molecule has 170 valence electrons. The predicted octanol–water partition coefficient (Wildman–Crippen LogP) is 5.63. The van der Waals surface area contributed by atoms with Gasteiger partial charge in [-0.1, -0.05) is 67.2 Å². The number of aromatic nitrogens is 2. The Hall–Kier alpha value is -4.02. The first-order valence-electron chi connectivity index (χ1n) is 11.9. The zero-order valence-electron chi connectivity index (χ0n) is 20.1. The quantitative estimate of drug-likeness (QED) is 0.319. The number of aryl methyl sites for hydroxylation is 2. The molecule has 0 spiro atoms. The minimum Gasteiger partial charge on any atom is -0.439 e. The number of benzene rings is 3. The molecular weight excluding hydrogens is 444 g/mol. The van der Waals surface area contributed by atoms with Gasteiger partial charge in [-0.2, -0.15) is 0 Å². The fraction of sp³-hybridized carbons (Fsp3) is 0.0968. The normalized spacial score (nSPS) is 16.0. The molecule has 1 aliphatic heterocycles. The lowest BCUT2D eigenvalue weighted by Crippen LogP contribution is -2.63. The van der Waals surface area contributed by atoms with E-state index in [2.05, 4.69) is 85.2 Å². The first-order valence-corrected chi connectivity index (χ1v) is 14.4. The highest BCUT2D eigenvalue weighted by Crippen LogP contribution is 2.32. The number of pyridine rings is 2. The second-order valence-electron chi connectivity index (χ2n) is 9.45. The summed E-state index contributed by atoms with van der Waals surface area (Å²) in [4.78, 5) is 9.28. The van der Waals surface area contributed by atoms with Crippen LogP contribution in [0.2, 0.25) is 6.55 Å². The highest BCUT2D eigenvalue weighted by atomic mass is 28.3. The van der Waals surface area contributed by atoms with Gasteiger partial charge in [0.25, 0.3) is 0 Å². The molecule has 3 aromatic carbocycles. The second kappa shape index (κ2) is 8.33. The van der Waals surface area contributed by atoms with Crippen LogP contribution in [0.5, 0.6) is 11.6 Å². The van der Waals surface area contributed by atoms with Crippen molar-refractivity contribution in [2.75, 3.05) is 0 Å². The van der Waals surface area contributed by atoms with Crippen molar-refractivity contribution in [1.29, 1.82) is 0 Å². The summed E-state index contributed by atoms with van der Waals surface area (Å²) in [6.45, 7) is 6.61. The smallest absolute Gasteiger partial charge is 0.219 e. The third kappa shape index (κ3) is 3.67. The monoisotopic (exact) mass is 470 g/mol. The Morgan fingerprint density at radius 1 is 0.657 bits per heavy atom. The highest BCUT2D eigenvalue weighted by Gasteiger charge is 2.44. The van der Waals surface area contributed by atoms with Crippen LogP contribution in [0.4, 0.5) is 0 Å². The fourth-order valence-corrected chi connectivity index (χ4v) is 9.21. The Kier molecular flexibility index (Phi) is 5.12. The van der Waals surface area contributed by atoms with Crippen LogP contribution in [-0.4, -0.2) is 18.0 Å². The van der Waals surface area contributed by atoms with Gasteiger partial charge in [-0.15, -0.1) is 0 Å². The Balaban J connectivity index is 1.45. The minimum absolute atomic E-state index is 0.600. The number of fused-ring (bicyclic) bond motifs is 3. The van der Waals surface area contributed by atoms with E-state index in [1.54, 1.807) is 0 Å². The first-order chi connectivity index (χ1) is 17.0. The number of hydrogen-bond donors (Lipinski definition) is 0. The maximum absolute atomic E-state index is 6.05. The molecule has 5 aromatic rings. The van der Waals surface area contributed by atoms with Crippen molar-refractivity contribution in [3.05, 3.63) is 115 Å². The van der Waals surface area contributed by atoms with E-state index in [4.69, 9.17) is 9.72 Å². The van der Waals surface area contributed by atoms with E-state index in [0.717, 1.165) is 16.9 Å². The molecule has 3 nitrogen and oxygen atoms in total. The molecule has 0 saturated carbocycles. The lowest BCUT2D eigenvalue weighted by molar-refractivity contribution is 0.463. The maximum Gasteiger partial charge on any atom is 0.219 e. The number of rotatable bonds is 4. The summed E-state index contributed by atoms with van der Waals surface area (Å²) in [6.07, 6.45) is 3.77. The summed E-state index contributed by atoms with van der Waals surface area (Å²) in [6, 6.07) is 32.3. The lowest BCUT2D eigenvalue weighted by atomic mass is 10.0. The molecule has 6 rings (SSSR count). The third-order valence-corrected chi connectivity index (χ3v) is 11.3. The molecule has 2 aromatic heterocycles. The van der Waals surface area contributed by atoms with Crippen LogP contribution in [0, 0.1) is 13.8 Å². The summed E-state index contributed by atoms with van der Waals surface area (Å²) < 4.78 is 6.05. The average molecular weight is 471 g/mol. The molecule has 0 fully saturated rings. The van der Waals surface area contributed by atoms with E-state index in [0.29, 0.717) is 5.88 Å². The van der Waals surface area contributed by atoms with Gasteiger partial charge in [-0.05, 0) is 81.9 Å².